The molecule has 0 unspecified atom stereocenters. The smallest absolute Gasteiger partial charge is 0.408 e. The third-order valence-electron chi connectivity index (χ3n) is 7.19. The lowest BCUT2D eigenvalue weighted by Crippen LogP contribution is -2.50. The number of alkyl carbamates (subject to hydrolysis) is 1. The Morgan fingerprint density at radius 1 is 0.717 bits per heavy atom. The fourth-order valence-corrected chi connectivity index (χ4v) is 6.41. The van der Waals surface area contributed by atoms with E-state index in [1.165, 1.54) is 25.8 Å². The van der Waals surface area contributed by atoms with E-state index in [1.54, 1.807) is 0 Å². The second-order valence-corrected chi connectivity index (χ2v) is 11.6. The quantitative estimate of drug-likeness (QED) is 0.134. The Morgan fingerprint density at radius 3 is 1.67 bits per heavy atom. The Balaban J connectivity index is 1.42. The Hall–Kier alpha value is -5.09. The predicted octanol–water partition coefficient (Wildman–Crippen LogP) is 4.80. The van der Waals surface area contributed by atoms with Crippen LogP contribution in [-0.2, 0) is 35.2 Å². The number of thioether (sulfide) groups is 1. The zero-order valence-corrected chi connectivity index (χ0v) is 26.5. The normalized spacial score (nSPS) is 12.2. The monoisotopic (exact) mass is 639 g/mol. The van der Waals surface area contributed by atoms with Gasteiger partial charge in [0.15, 0.2) is 0 Å². The first-order chi connectivity index (χ1) is 22.3. The van der Waals surface area contributed by atoms with Gasteiger partial charge < -0.3 is 25.4 Å². The standard InChI is InChI=1S/C36H37N3O6S/c1-26(38-35(43)45-24-27-15-7-3-8-16-27)33(41)37-23-32(40)39-31(34(42)44-2)25-46-36(28-17-9-4-10-18-28,29-19-11-5-12-20-29)30-21-13-6-14-22-30/h3-22,26,31H,23-25H2,1-2H3,(H,37,41)(H,38,43)(H,39,40)/t26-,31-/m0/s1. The zero-order valence-electron chi connectivity index (χ0n) is 25.7. The van der Waals surface area contributed by atoms with Crippen LogP contribution < -0.4 is 16.0 Å². The van der Waals surface area contributed by atoms with Gasteiger partial charge in [-0.05, 0) is 29.2 Å². The minimum absolute atomic E-state index is 0.0520. The van der Waals surface area contributed by atoms with Crippen molar-refractivity contribution in [2.45, 2.75) is 30.4 Å². The average molecular weight is 640 g/mol. The predicted molar refractivity (Wildman–Crippen MR) is 178 cm³/mol. The lowest BCUT2D eigenvalue weighted by Gasteiger charge is -2.36. The van der Waals surface area contributed by atoms with Gasteiger partial charge in [0.2, 0.25) is 11.8 Å². The molecule has 2 atom stereocenters. The van der Waals surface area contributed by atoms with Crippen LogP contribution in [0.15, 0.2) is 121 Å². The highest BCUT2D eigenvalue weighted by atomic mass is 32.2. The van der Waals surface area contributed by atoms with Gasteiger partial charge in [-0.3, -0.25) is 9.59 Å². The van der Waals surface area contributed by atoms with E-state index in [2.05, 4.69) is 16.0 Å². The van der Waals surface area contributed by atoms with Gasteiger partial charge in [-0.2, -0.15) is 0 Å². The lowest BCUT2D eigenvalue weighted by atomic mass is 9.84. The Kier molecular flexibility index (Phi) is 12.4. The summed E-state index contributed by atoms with van der Waals surface area (Å²) in [7, 11) is 1.26. The molecule has 0 aliphatic carbocycles. The number of ether oxygens (including phenoxy) is 2. The summed E-state index contributed by atoms with van der Waals surface area (Å²) < 4.78 is 9.48. The first-order valence-corrected chi connectivity index (χ1v) is 15.7. The fraction of sp³-hybridized carbons (Fsp3) is 0.222. The number of rotatable bonds is 14. The molecule has 0 spiro atoms. The van der Waals surface area contributed by atoms with Crippen LogP contribution in [0.1, 0.15) is 29.2 Å². The fourth-order valence-electron chi connectivity index (χ4n) is 4.86. The Morgan fingerprint density at radius 2 is 1.20 bits per heavy atom. The highest BCUT2D eigenvalue weighted by Gasteiger charge is 2.38. The molecule has 0 saturated heterocycles. The molecular weight excluding hydrogens is 602 g/mol. The highest BCUT2D eigenvalue weighted by Crippen LogP contribution is 2.48. The number of carbonyl (C=O) groups excluding carboxylic acids is 4. The Labute approximate surface area is 273 Å². The molecule has 4 aromatic carbocycles. The van der Waals surface area contributed by atoms with Gasteiger partial charge in [0, 0.05) is 5.75 Å². The molecule has 10 heteroatoms. The van der Waals surface area contributed by atoms with Crippen LogP contribution in [0.4, 0.5) is 4.79 Å². The van der Waals surface area contributed by atoms with Gasteiger partial charge in [0.1, 0.15) is 18.7 Å². The molecule has 0 aliphatic heterocycles. The van der Waals surface area contributed by atoms with Crippen LogP contribution in [0.5, 0.6) is 0 Å². The van der Waals surface area contributed by atoms with Crippen molar-refractivity contribution in [3.05, 3.63) is 144 Å². The third-order valence-corrected chi connectivity index (χ3v) is 8.83. The number of amides is 3. The SMILES string of the molecule is COC(=O)[C@H](CSC(c1ccccc1)(c1ccccc1)c1ccccc1)NC(=O)CNC(=O)[C@H](C)NC(=O)OCc1ccccc1. The summed E-state index contributed by atoms with van der Waals surface area (Å²) in [6.45, 7) is 1.11. The van der Waals surface area contributed by atoms with E-state index in [9.17, 15) is 19.2 Å². The number of hydrogen-bond acceptors (Lipinski definition) is 7. The molecule has 3 N–H and O–H groups in total. The molecule has 0 bridgehead atoms. The minimum Gasteiger partial charge on any atom is -0.467 e. The van der Waals surface area contributed by atoms with Crippen molar-refractivity contribution in [1.29, 1.82) is 0 Å². The van der Waals surface area contributed by atoms with E-state index in [0.717, 1.165) is 22.3 Å². The third kappa shape index (κ3) is 8.98. The number of hydrogen-bond donors (Lipinski definition) is 3. The van der Waals surface area contributed by atoms with Gasteiger partial charge >= 0.3 is 12.1 Å². The van der Waals surface area contributed by atoms with Crippen LogP contribution in [-0.4, -0.2) is 55.4 Å². The van der Waals surface area contributed by atoms with E-state index in [-0.39, 0.29) is 12.4 Å². The summed E-state index contributed by atoms with van der Waals surface area (Å²) in [5, 5.41) is 7.64. The molecule has 0 saturated carbocycles. The molecule has 0 aromatic heterocycles. The molecule has 238 valence electrons. The molecule has 3 amide bonds. The van der Waals surface area contributed by atoms with Gasteiger partial charge in [-0.1, -0.05) is 121 Å². The maximum Gasteiger partial charge on any atom is 0.408 e. The molecule has 4 rings (SSSR count). The van der Waals surface area contributed by atoms with Crippen molar-refractivity contribution < 1.29 is 28.7 Å². The minimum atomic E-state index is -1.02. The number of methoxy groups -OCH3 is 1. The summed E-state index contributed by atoms with van der Waals surface area (Å²) >= 11 is 1.50. The summed E-state index contributed by atoms with van der Waals surface area (Å²) in [6.07, 6.45) is -0.766. The molecule has 0 fully saturated rings. The molecule has 0 radical (unpaired) electrons. The molecule has 0 heterocycles. The first kappa shape index (κ1) is 33.8. The second-order valence-electron chi connectivity index (χ2n) is 10.4. The van der Waals surface area contributed by atoms with Crippen LogP contribution in [0.3, 0.4) is 0 Å². The van der Waals surface area contributed by atoms with E-state index >= 15 is 0 Å². The highest BCUT2D eigenvalue weighted by molar-refractivity contribution is 8.00. The van der Waals surface area contributed by atoms with Gasteiger partial charge in [-0.15, -0.1) is 11.8 Å². The molecular formula is C36H37N3O6S. The van der Waals surface area contributed by atoms with E-state index in [4.69, 9.17) is 9.47 Å². The summed E-state index contributed by atoms with van der Waals surface area (Å²) in [5.41, 5.74) is 3.81. The second kappa shape index (κ2) is 16.8. The number of carbonyl (C=O) groups is 4. The van der Waals surface area contributed by atoms with Crippen molar-refractivity contribution in [3.63, 3.8) is 0 Å². The van der Waals surface area contributed by atoms with Crippen molar-refractivity contribution in [1.82, 2.24) is 16.0 Å². The Bertz CT molecular complexity index is 1480. The maximum absolute atomic E-state index is 13.0. The van der Waals surface area contributed by atoms with Crippen LogP contribution in [0.2, 0.25) is 0 Å². The summed E-state index contributed by atoms with van der Waals surface area (Å²) in [5.74, 6) is -1.64. The van der Waals surface area contributed by atoms with Crippen LogP contribution in [0.25, 0.3) is 0 Å². The summed E-state index contributed by atoms with van der Waals surface area (Å²) in [4.78, 5) is 50.6. The van der Waals surface area contributed by atoms with E-state index < -0.39 is 47.3 Å². The van der Waals surface area contributed by atoms with Crippen LogP contribution in [0, 0.1) is 0 Å². The van der Waals surface area contributed by atoms with Crippen molar-refractivity contribution in [3.8, 4) is 0 Å². The number of nitrogens with one attached hydrogen (secondary N) is 3. The average Bonchev–Trinajstić information content (AvgIpc) is 3.10. The zero-order chi connectivity index (χ0) is 32.8. The van der Waals surface area contributed by atoms with Crippen molar-refractivity contribution in [2.75, 3.05) is 19.4 Å². The van der Waals surface area contributed by atoms with E-state index in [0.29, 0.717) is 0 Å². The molecule has 4 aromatic rings. The van der Waals surface area contributed by atoms with Crippen molar-refractivity contribution in [2.24, 2.45) is 0 Å². The van der Waals surface area contributed by atoms with Gasteiger partial charge in [0.05, 0.1) is 18.4 Å². The molecule has 0 aliphatic rings. The lowest BCUT2D eigenvalue weighted by molar-refractivity contribution is -0.144. The van der Waals surface area contributed by atoms with Gasteiger partial charge in [0.25, 0.3) is 0 Å². The number of esters is 1. The number of benzene rings is 4. The van der Waals surface area contributed by atoms with Gasteiger partial charge in [-0.25, -0.2) is 9.59 Å². The molecule has 9 nitrogen and oxygen atoms in total. The molecule has 46 heavy (non-hydrogen) atoms. The largest absolute Gasteiger partial charge is 0.467 e. The topological polar surface area (TPSA) is 123 Å². The maximum atomic E-state index is 13.0. The van der Waals surface area contributed by atoms with Crippen LogP contribution >= 0.6 is 11.8 Å². The van der Waals surface area contributed by atoms with Crippen molar-refractivity contribution >= 4 is 35.6 Å². The first-order valence-electron chi connectivity index (χ1n) is 14.8. The van der Waals surface area contributed by atoms with E-state index in [1.807, 2.05) is 121 Å². The summed E-state index contributed by atoms with van der Waals surface area (Å²) in [6, 6.07) is 37.1.